The summed E-state index contributed by atoms with van der Waals surface area (Å²) in [5, 5.41) is 22.0. The Morgan fingerprint density at radius 1 is 0.553 bits per heavy atom. The Kier molecular flexibility index (Phi) is 5.23. The zero-order valence-electron chi connectivity index (χ0n) is 20.4. The lowest BCUT2D eigenvalue weighted by Gasteiger charge is -2.04. The van der Waals surface area contributed by atoms with Gasteiger partial charge in [0.1, 0.15) is 11.6 Å². The summed E-state index contributed by atoms with van der Waals surface area (Å²) in [7, 11) is 3.84. The SMILES string of the molecule is Cn1c(-c2ccc([N+](=O)[O-])cc2)nc2cc(-c3ccc4c(c3)nc(-c3ccc([N+](=O)[O-])cc3)n4C)ccc21. The molecule has 2 aromatic heterocycles. The van der Waals surface area contributed by atoms with Crippen LogP contribution in [0.1, 0.15) is 0 Å². The molecule has 6 aromatic rings. The highest BCUT2D eigenvalue weighted by atomic mass is 16.6. The molecule has 0 aliphatic rings. The molecule has 0 radical (unpaired) electrons. The summed E-state index contributed by atoms with van der Waals surface area (Å²) in [4.78, 5) is 30.8. The van der Waals surface area contributed by atoms with Crippen LogP contribution in [-0.4, -0.2) is 28.9 Å². The van der Waals surface area contributed by atoms with Crippen molar-refractivity contribution < 1.29 is 9.85 Å². The second kappa shape index (κ2) is 8.63. The van der Waals surface area contributed by atoms with Gasteiger partial charge >= 0.3 is 0 Å². The van der Waals surface area contributed by atoms with Gasteiger partial charge in [0.05, 0.1) is 31.9 Å². The monoisotopic (exact) mass is 504 g/mol. The Bertz CT molecular complexity index is 1750. The maximum absolute atomic E-state index is 11.0. The Morgan fingerprint density at radius 2 is 0.895 bits per heavy atom. The highest BCUT2D eigenvalue weighted by molar-refractivity contribution is 5.89. The first-order valence-electron chi connectivity index (χ1n) is 11.7. The van der Waals surface area contributed by atoms with Crippen LogP contribution in [0.4, 0.5) is 11.4 Å². The maximum atomic E-state index is 11.0. The van der Waals surface area contributed by atoms with Crippen molar-refractivity contribution in [2.24, 2.45) is 14.1 Å². The van der Waals surface area contributed by atoms with Crippen molar-refractivity contribution in [2.45, 2.75) is 0 Å². The number of aryl methyl sites for hydroxylation is 2. The molecular weight excluding hydrogens is 484 g/mol. The van der Waals surface area contributed by atoms with Gasteiger partial charge in [-0.05, 0) is 59.7 Å². The summed E-state index contributed by atoms with van der Waals surface area (Å²) in [5.74, 6) is 1.44. The molecule has 0 fully saturated rings. The second-order valence-electron chi connectivity index (χ2n) is 9.00. The fourth-order valence-electron chi connectivity index (χ4n) is 4.74. The summed E-state index contributed by atoms with van der Waals surface area (Å²) in [5.41, 5.74) is 7.15. The molecular formula is C28H20N6O4. The van der Waals surface area contributed by atoms with Crippen LogP contribution in [0.25, 0.3) is 56.0 Å². The number of imidazole rings is 2. The van der Waals surface area contributed by atoms with Gasteiger partial charge < -0.3 is 9.13 Å². The average Bonchev–Trinajstić information content (AvgIpc) is 3.44. The molecule has 0 unspecified atom stereocenters. The number of non-ortho nitro benzene ring substituents is 2. The van der Waals surface area contributed by atoms with Gasteiger partial charge in [0.2, 0.25) is 0 Å². The van der Waals surface area contributed by atoms with E-state index in [-0.39, 0.29) is 11.4 Å². The fourth-order valence-corrected chi connectivity index (χ4v) is 4.74. The van der Waals surface area contributed by atoms with Gasteiger partial charge in [0, 0.05) is 49.5 Å². The first kappa shape index (κ1) is 23.0. The number of hydrogen-bond acceptors (Lipinski definition) is 6. The Balaban J connectivity index is 1.37. The van der Waals surface area contributed by atoms with Crippen LogP contribution in [0.2, 0.25) is 0 Å². The molecule has 0 amide bonds. The zero-order chi connectivity index (χ0) is 26.6. The minimum absolute atomic E-state index is 0.0384. The van der Waals surface area contributed by atoms with E-state index in [0.29, 0.717) is 0 Å². The molecule has 10 heteroatoms. The third-order valence-electron chi connectivity index (χ3n) is 6.77. The Morgan fingerprint density at radius 3 is 1.24 bits per heavy atom. The first-order chi connectivity index (χ1) is 18.3. The number of hydrogen-bond donors (Lipinski definition) is 0. The molecule has 2 heterocycles. The smallest absolute Gasteiger partial charge is 0.269 e. The van der Waals surface area contributed by atoms with E-state index in [2.05, 4.69) is 0 Å². The molecule has 0 saturated carbocycles. The molecule has 0 bridgehead atoms. The molecule has 0 saturated heterocycles. The van der Waals surface area contributed by atoms with Crippen LogP contribution >= 0.6 is 0 Å². The average molecular weight is 505 g/mol. The summed E-state index contributed by atoms with van der Waals surface area (Å²) >= 11 is 0. The van der Waals surface area contributed by atoms with Gasteiger partial charge in [-0.1, -0.05) is 12.1 Å². The molecule has 10 nitrogen and oxygen atoms in total. The normalized spacial score (nSPS) is 11.3. The minimum Gasteiger partial charge on any atom is -0.327 e. The van der Waals surface area contributed by atoms with Crippen molar-refractivity contribution in [2.75, 3.05) is 0 Å². The standard InChI is InChI=1S/C28H20N6O4/c1-31-25-13-7-19(15-23(25)29-27(31)17-3-9-21(10-4-17)33(35)36)20-8-14-26-24(16-20)30-28(32(26)2)18-5-11-22(12-6-18)34(37)38/h3-16H,1-2H3. The van der Waals surface area contributed by atoms with Crippen LogP contribution in [0, 0.1) is 20.2 Å². The summed E-state index contributed by atoms with van der Waals surface area (Å²) in [6, 6.07) is 24.9. The van der Waals surface area contributed by atoms with Crippen LogP contribution < -0.4 is 0 Å². The van der Waals surface area contributed by atoms with E-state index >= 15 is 0 Å². The molecule has 0 aliphatic heterocycles. The zero-order valence-corrected chi connectivity index (χ0v) is 20.4. The van der Waals surface area contributed by atoms with E-state index < -0.39 is 9.85 Å². The van der Waals surface area contributed by atoms with E-state index in [4.69, 9.17) is 9.97 Å². The van der Waals surface area contributed by atoms with E-state index in [1.807, 2.05) is 59.6 Å². The fraction of sp³-hybridized carbons (Fsp3) is 0.0714. The van der Waals surface area contributed by atoms with E-state index in [9.17, 15) is 20.2 Å². The molecule has 0 atom stereocenters. The number of nitrogens with zero attached hydrogens (tertiary/aromatic N) is 6. The van der Waals surface area contributed by atoms with Gasteiger partial charge in [-0.25, -0.2) is 9.97 Å². The van der Waals surface area contributed by atoms with Gasteiger partial charge in [-0.3, -0.25) is 20.2 Å². The van der Waals surface area contributed by atoms with Gasteiger partial charge in [0.15, 0.2) is 0 Å². The topological polar surface area (TPSA) is 122 Å². The highest BCUT2D eigenvalue weighted by Crippen LogP contribution is 2.32. The molecule has 6 rings (SSSR count). The lowest BCUT2D eigenvalue weighted by Crippen LogP contribution is -1.93. The third kappa shape index (κ3) is 3.75. The van der Waals surface area contributed by atoms with E-state index in [1.54, 1.807) is 24.3 Å². The number of benzene rings is 4. The van der Waals surface area contributed by atoms with Crippen LogP contribution in [-0.2, 0) is 14.1 Å². The van der Waals surface area contributed by atoms with Crippen LogP contribution in [0.15, 0.2) is 84.9 Å². The molecule has 38 heavy (non-hydrogen) atoms. The van der Waals surface area contributed by atoms with E-state index in [0.717, 1.165) is 56.0 Å². The van der Waals surface area contributed by atoms with Crippen LogP contribution in [0.3, 0.4) is 0 Å². The van der Waals surface area contributed by atoms with Crippen molar-refractivity contribution >= 4 is 33.4 Å². The predicted molar refractivity (Wildman–Crippen MR) is 145 cm³/mol. The lowest BCUT2D eigenvalue weighted by atomic mass is 10.0. The van der Waals surface area contributed by atoms with Gasteiger partial charge in [-0.2, -0.15) is 0 Å². The van der Waals surface area contributed by atoms with Gasteiger partial charge in [0.25, 0.3) is 11.4 Å². The first-order valence-corrected chi connectivity index (χ1v) is 11.7. The molecule has 186 valence electrons. The van der Waals surface area contributed by atoms with Crippen molar-refractivity contribution in [3.8, 4) is 33.9 Å². The largest absolute Gasteiger partial charge is 0.327 e. The summed E-state index contributed by atoms with van der Waals surface area (Å²) in [6.45, 7) is 0. The molecule has 4 aromatic carbocycles. The molecule has 0 aliphatic carbocycles. The lowest BCUT2D eigenvalue weighted by molar-refractivity contribution is -0.385. The quantitative estimate of drug-likeness (QED) is 0.201. The number of nitro groups is 2. The van der Waals surface area contributed by atoms with Gasteiger partial charge in [-0.15, -0.1) is 0 Å². The highest BCUT2D eigenvalue weighted by Gasteiger charge is 2.15. The van der Waals surface area contributed by atoms with E-state index in [1.165, 1.54) is 24.3 Å². The van der Waals surface area contributed by atoms with Crippen molar-refractivity contribution in [3.05, 3.63) is 105 Å². The Hall–Kier alpha value is -5.38. The maximum Gasteiger partial charge on any atom is 0.269 e. The summed E-state index contributed by atoms with van der Waals surface area (Å²) in [6.07, 6.45) is 0. The number of rotatable bonds is 5. The van der Waals surface area contributed by atoms with Crippen molar-refractivity contribution in [1.29, 1.82) is 0 Å². The second-order valence-corrected chi connectivity index (χ2v) is 9.00. The number of fused-ring (bicyclic) bond motifs is 2. The number of nitro benzene ring substituents is 2. The summed E-state index contributed by atoms with van der Waals surface area (Å²) < 4.78 is 3.94. The predicted octanol–water partition coefficient (Wildman–Crippen LogP) is 6.28. The van der Waals surface area contributed by atoms with Crippen molar-refractivity contribution in [3.63, 3.8) is 0 Å². The number of aromatic nitrogens is 4. The minimum atomic E-state index is -0.418. The third-order valence-corrected chi connectivity index (χ3v) is 6.77. The Labute approximate surface area is 215 Å². The van der Waals surface area contributed by atoms with Crippen molar-refractivity contribution in [1.82, 2.24) is 19.1 Å². The molecule has 0 spiro atoms. The molecule has 0 N–H and O–H groups in total. The van der Waals surface area contributed by atoms with Crippen LogP contribution in [0.5, 0.6) is 0 Å².